The number of hydrogen-bond acceptors (Lipinski definition) is 6. The second kappa shape index (κ2) is 59.1. The summed E-state index contributed by atoms with van der Waals surface area (Å²) in [6.45, 7) is 6.31. The summed E-state index contributed by atoms with van der Waals surface area (Å²) < 4.78 is 16.8. The average molecular weight is 996 g/mol. The normalized spacial score (nSPS) is 13.1. The summed E-state index contributed by atoms with van der Waals surface area (Å²) in [6, 6.07) is 0. The maximum absolute atomic E-state index is 12.8. The van der Waals surface area contributed by atoms with E-state index in [1.54, 1.807) is 0 Å². The topological polar surface area (TPSA) is 78.9 Å². The van der Waals surface area contributed by atoms with Crippen LogP contribution in [0.2, 0.25) is 0 Å². The van der Waals surface area contributed by atoms with E-state index in [1.807, 2.05) is 12.2 Å². The van der Waals surface area contributed by atoms with E-state index in [0.717, 1.165) is 122 Å². The van der Waals surface area contributed by atoms with Crippen LogP contribution in [0.4, 0.5) is 0 Å². The Labute approximate surface area is 443 Å². The highest BCUT2D eigenvalue weighted by atomic mass is 16.6. The van der Waals surface area contributed by atoms with Gasteiger partial charge in [-0.1, -0.05) is 238 Å². The van der Waals surface area contributed by atoms with Gasteiger partial charge in [-0.15, -0.1) is 0 Å². The van der Waals surface area contributed by atoms with Crippen LogP contribution in [0.3, 0.4) is 0 Å². The van der Waals surface area contributed by atoms with Crippen molar-refractivity contribution < 1.29 is 28.6 Å². The lowest BCUT2D eigenvalue weighted by Gasteiger charge is -2.18. The van der Waals surface area contributed by atoms with Crippen molar-refractivity contribution in [1.82, 2.24) is 0 Å². The first-order chi connectivity index (χ1) is 35.5. The average Bonchev–Trinajstić information content (AvgIpc) is 3.38. The molecule has 0 aromatic rings. The van der Waals surface area contributed by atoms with Crippen LogP contribution in [0.1, 0.15) is 245 Å². The molecule has 0 amide bonds. The lowest BCUT2D eigenvalue weighted by Crippen LogP contribution is -2.30. The highest BCUT2D eigenvalue weighted by Gasteiger charge is 2.19. The van der Waals surface area contributed by atoms with Crippen molar-refractivity contribution in [3.63, 3.8) is 0 Å². The molecule has 0 aliphatic rings. The van der Waals surface area contributed by atoms with E-state index in [0.29, 0.717) is 19.3 Å². The Bertz CT molecular complexity index is 1560. The molecule has 0 aliphatic heterocycles. The van der Waals surface area contributed by atoms with Gasteiger partial charge < -0.3 is 14.2 Å². The molecule has 1 unspecified atom stereocenters. The van der Waals surface area contributed by atoms with E-state index >= 15 is 0 Å². The molecule has 0 spiro atoms. The number of allylic oxidation sites excluding steroid dienone is 22. The molecule has 0 aromatic carbocycles. The predicted octanol–water partition coefficient (Wildman–Crippen LogP) is 19.8. The molecule has 6 nitrogen and oxygen atoms in total. The zero-order chi connectivity index (χ0) is 52.2. The number of ether oxygens (including phenoxy) is 3. The van der Waals surface area contributed by atoms with E-state index in [1.165, 1.54) is 77.0 Å². The van der Waals surface area contributed by atoms with Crippen molar-refractivity contribution in [3.8, 4) is 0 Å². The number of esters is 3. The molecule has 72 heavy (non-hydrogen) atoms. The first-order valence-electron chi connectivity index (χ1n) is 29.2. The second-order valence-corrected chi connectivity index (χ2v) is 18.8. The molecule has 0 radical (unpaired) electrons. The number of hydrogen-bond donors (Lipinski definition) is 0. The summed E-state index contributed by atoms with van der Waals surface area (Å²) in [7, 11) is 0. The lowest BCUT2D eigenvalue weighted by molar-refractivity contribution is -0.166. The Morgan fingerprint density at radius 3 is 0.944 bits per heavy atom. The van der Waals surface area contributed by atoms with Gasteiger partial charge in [0.15, 0.2) is 6.10 Å². The van der Waals surface area contributed by atoms with Gasteiger partial charge in [0.2, 0.25) is 0 Å². The maximum Gasteiger partial charge on any atom is 0.306 e. The maximum atomic E-state index is 12.8. The summed E-state index contributed by atoms with van der Waals surface area (Å²) in [5.74, 6) is -1.02. The molecule has 0 rings (SSSR count). The first kappa shape index (κ1) is 67.5. The van der Waals surface area contributed by atoms with Crippen LogP contribution < -0.4 is 0 Å². The third-order valence-electron chi connectivity index (χ3n) is 11.9. The fraction of sp³-hybridized carbons (Fsp3) is 0.621. The largest absolute Gasteiger partial charge is 0.462 e. The molecular formula is C66H106O6. The van der Waals surface area contributed by atoms with E-state index in [2.05, 4.69) is 142 Å². The fourth-order valence-electron chi connectivity index (χ4n) is 7.57. The zero-order valence-electron chi connectivity index (χ0n) is 46.4. The van der Waals surface area contributed by atoms with Crippen LogP contribution in [0, 0.1) is 0 Å². The predicted molar refractivity (Wildman–Crippen MR) is 311 cm³/mol. The van der Waals surface area contributed by atoms with Gasteiger partial charge in [0.1, 0.15) is 13.2 Å². The number of carbonyl (C=O) groups excluding carboxylic acids is 3. The minimum Gasteiger partial charge on any atom is -0.462 e. The van der Waals surface area contributed by atoms with Gasteiger partial charge in [-0.05, 0) is 122 Å². The molecule has 0 N–H and O–H groups in total. The van der Waals surface area contributed by atoms with Gasteiger partial charge in [0, 0.05) is 19.3 Å². The first-order valence-corrected chi connectivity index (χ1v) is 29.2. The van der Waals surface area contributed by atoms with Crippen LogP contribution in [0.25, 0.3) is 0 Å². The van der Waals surface area contributed by atoms with E-state index < -0.39 is 6.10 Å². The van der Waals surface area contributed by atoms with E-state index in [4.69, 9.17) is 14.2 Å². The van der Waals surface area contributed by atoms with Crippen molar-refractivity contribution in [1.29, 1.82) is 0 Å². The third-order valence-corrected chi connectivity index (χ3v) is 11.9. The molecule has 6 heteroatoms. The van der Waals surface area contributed by atoms with Gasteiger partial charge in [-0.2, -0.15) is 0 Å². The molecule has 406 valence electrons. The van der Waals surface area contributed by atoms with E-state index in [-0.39, 0.29) is 37.5 Å². The highest BCUT2D eigenvalue weighted by molar-refractivity contribution is 5.71. The van der Waals surface area contributed by atoms with Crippen LogP contribution in [0.5, 0.6) is 0 Å². The molecule has 0 aromatic heterocycles. The van der Waals surface area contributed by atoms with Gasteiger partial charge in [-0.25, -0.2) is 0 Å². The number of unbranched alkanes of at least 4 members (excludes halogenated alkanes) is 18. The van der Waals surface area contributed by atoms with Crippen molar-refractivity contribution in [2.24, 2.45) is 0 Å². The van der Waals surface area contributed by atoms with Gasteiger partial charge in [0.05, 0.1) is 0 Å². The monoisotopic (exact) mass is 995 g/mol. The fourth-order valence-corrected chi connectivity index (χ4v) is 7.57. The Hall–Kier alpha value is -4.45. The Balaban J connectivity index is 4.38. The van der Waals surface area contributed by atoms with Crippen molar-refractivity contribution in [2.45, 2.75) is 252 Å². The summed E-state index contributed by atoms with van der Waals surface area (Å²) in [5, 5.41) is 0. The Kier molecular flexibility index (Phi) is 55.5. The van der Waals surface area contributed by atoms with E-state index in [9.17, 15) is 14.4 Å². The molecule has 0 saturated carbocycles. The third kappa shape index (κ3) is 56.5. The van der Waals surface area contributed by atoms with Gasteiger partial charge in [-0.3, -0.25) is 14.4 Å². The van der Waals surface area contributed by atoms with Crippen LogP contribution in [0.15, 0.2) is 134 Å². The highest BCUT2D eigenvalue weighted by Crippen LogP contribution is 2.14. The van der Waals surface area contributed by atoms with Crippen LogP contribution in [-0.4, -0.2) is 37.2 Å². The second-order valence-electron chi connectivity index (χ2n) is 18.8. The van der Waals surface area contributed by atoms with Crippen LogP contribution >= 0.6 is 0 Å². The summed E-state index contributed by atoms with van der Waals surface area (Å²) in [4.78, 5) is 38.1. The number of carbonyl (C=O) groups is 3. The molecular weight excluding hydrogens is 889 g/mol. The van der Waals surface area contributed by atoms with Crippen LogP contribution in [-0.2, 0) is 28.6 Å². The SMILES string of the molecule is CC/C=C\C/C=C\C/C=C\C/C=C\C/C=C\C/C=C\CCCCCCCCCCC(=O)OCC(COC(=O)CC/C=C\C/C=C\C/C=C\C/C=C\CC)OC(=O)CCCCCCC/C=C\CCCCCCC. The molecule has 0 heterocycles. The minimum absolute atomic E-state index is 0.112. The molecule has 1 atom stereocenters. The molecule has 0 aliphatic carbocycles. The lowest BCUT2D eigenvalue weighted by atomic mass is 10.1. The smallest absolute Gasteiger partial charge is 0.306 e. The van der Waals surface area contributed by atoms with Crippen molar-refractivity contribution >= 4 is 17.9 Å². The summed E-state index contributed by atoms with van der Waals surface area (Å²) >= 11 is 0. The Morgan fingerprint density at radius 2 is 0.569 bits per heavy atom. The molecule has 0 bridgehead atoms. The van der Waals surface area contributed by atoms with Gasteiger partial charge in [0.25, 0.3) is 0 Å². The number of rotatable bonds is 51. The summed E-state index contributed by atoms with van der Waals surface area (Å²) in [6.07, 6.45) is 83.2. The van der Waals surface area contributed by atoms with Gasteiger partial charge >= 0.3 is 17.9 Å². The standard InChI is InChI=1S/C66H106O6/c1-4-7-10-13-16-19-22-25-27-28-29-30-31-32-33-34-35-36-37-38-39-42-44-47-50-53-56-59-65(68)71-62-63(61-70-64(67)58-55-52-49-46-43-40-24-21-18-15-12-9-6-3)72-66(69)60-57-54-51-48-45-41-26-23-20-17-14-11-8-5-2/h7,9-10,12,16,18-19,21,23,25-27,29-30,32-33,35-36,40,43,49,52,63H,4-6,8,11,13-15,17,20,22,24,28,31,34,37-39,41-42,44-48,50-51,53-62H2,1-3H3/b10-7-,12-9-,19-16-,21-18-,26-23-,27-25-,30-29-,33-32-,36-35-,43-40-,52-49-. The summed E-state index contributed by atoms with van der Waals surface area (Å²) in [5.41, 5.74) is 0. The van der Waals surface area contributed by atoms with Crippen molar-refractivity contribution in [2.75, 3.05) is 13.2 Å². The quantitative estimate of drug-likeness (QED) is 0.0261. The molecule has 0 fully saturated rings. The minimum atomic E-state index is -0.819. The molecule has 0 saturated heterocycles. The van der Waals surface area contributed by atoms with Crippen molar-refractivity contribution in [3.05, 3.63) is 134 Å². The Morgan fingerprint density at radius 1 is 0.292 bits per heavy atom. The zero-order valence-corrected chi connectivity index (χ0v) is 46.4.